The predicted molar refractivity (Wildman–Crippen MR) is 92.3 cm³/mol. The van der Waals surface area contributed by atoms with Gasteiger partial charge in [0.15, 0.2) is 0 Å². The second-order valence-electron chi connectivity index (χ2n) is 7.29. The van der Waals surface area contributed by atoms with Crippen LogP contribution in [-0.4, -0.2) is 45.9 Å². The Kier molecular flexibility index (Phi) is 4.37. The van der Waals surface area contributed by atoms with Crippen LogP contribution >= 0.6 is 0 Å². The average Bonchev–Trinajstić information content (AvgIpc) is 2.97. The summed E-state index contributed by atoms with van der Waals surface area (Å²) < 4.78 is 13.3. The lowest BCUT2D eigenvalue weighted by Crippen LogP contribution is -2.42. The number of hydrogen-bond donors (Lipinski definition) is 0. The summed E-state index contributed by atoms with van der Waals surface area (Å²) in [4.78, 5) is 15.0. The van der Waals surface area contributed by atoms with Crippen molar-refractivity contribution in [2.75, 3.05) is 13.2 Å². The van der Waals surface area contributed by atoms with Crippen LogP contribution in [0, 0.1) is 12.8 Å². The zero-order valence-electron chi connectivity index (χ0n) is 14.9. The van der Waals surface area contributed by atoms with E-state index in [9.17, 15) is 4.79 Å². The Morgan fingerprint density at radius 3 is 2.88 bits per heavy atom. The average molecular weight is 343 g/mol. The van der Waals surface area contributed by atoms with Crippen molar-refractivity contribution >= 4 is 5.91 Å². The van der Waals surface area contributed by atoms with E-state index in [4.69, 9.17) is 9.15 Å². The lowest BCUT2D eigenvalue weighted by Gasteiger charge is -2.28. The van der Waals surface area contributed by atoms with Crippen molar-refractivity contribution in [2.45, 2.75) is 44.8 Å². The van der Waals surface area contributed by atoms with Crippen molar-refractivity contribution in [3.63, 3.8) is 0 Å². The monoisotopic (exact) mass is 343 g/mol. The molecule has 1 aliphatic carbocycles. The van der Waals surface area contributed by atoms with Gasteiger partial charge in [-0.25, -0.2) is 0 Å². The number of ether oxygens (including phenoxy) is 1. The number of hydrogen-bond acceptors (Lipinski definition) is 4. The van der Waals surface area contributed by atoms with Gasteiger partial charge in [0.25, 0.3) is 5.91 Å². The summed E-state index contributed by atoms with van der Waals surface area (Å²) in [5.74, 6) is 1.44. The maximum atomic E-state index is 13.0. The van der Waals surface area contributed by atoms with Crippen molar-refractivity contribution in [2.24, 2.45) is 13.0 Å². The number of furan rings is 1. The van der Waals surface area contributed by atoms with Crippen molar-refractivity contribution in [1.29, 1.82) is 0 Å². The van der Waals surface area contributed by atoms with Gasteiger partial charge in [-0.05, 0) is 50.2 Å². The third-order valence-electron chi connectivity index (χ3n) is 5.28. The highest BCUT2D eigenvalue weighted by Crippen LogP contribution is 2.32. The van der Waals surface area contributed by atoms with E-state index >= 15 is 0 Å². The van der Waals surface area contributed by atoms with Gasteiger partial charge in [0.2, 0.25) is 0 Å². The van der Waals surface area contributed by atoms with E-state index in [1.807, 2.05) is 31.3 Å². The third-order valence-corrected chi connectivity index (χ3v) is 5.28. The normalized spacial score (nSPS) is 23.4. The molecule has 0 unspecified atom stereocenters. The zero-order valence-corrected chi connectivity index (χ0v) is 14.9. The van der Waals surface area contributed by atoms with Crippen LogP contribution in [0.25, 0.3) is 0 Å². The van der Waals surface area contributed by atoms with Crippen LogP contribution in [-0.2, 0) is 18.2 Å². The molecule has 6 heteroatoms. The SMILES string of the molecule is Cc1occc1C(=O)N1CC[C@H](OCC2CC2)[C@@H]1Cc1cnn(C)c1. The number of nitrogens with zero attached hydrogens (tertiary/aromatic N) is 3. The van der Waals surface area contributed by atoms with Gasteiger partial charge < -0.3 is 14.1 Å². The van der Waals surface area contributed by atoms with Gasteiger partial charge >= 0.3 is 0 Å². The van der Waals surface area contributed by atoms with E-state index < -0.39 is 0 Å². The fourth-order valence-corrected chi connectivity index (χ4v) is 3.64. The topological polar surface area (TPSA) is 60.5 Å². The Morgan fingerprint density at radius 2 is 2.24 bits per heavy atom. The molecule has 4 rings (SSSR count). The number of likely N-dealkylation sites (tertiary alicyclic amines) is 1. The summed E-state index contributed by atoms with van der Waals surface area (Å²) in [6, 6.07) is 1.81. The number of aryl methyl sites for hydroxylation is 2. The number of rotatable bonds is 6. The summed E-state index contributed by atoms with van der Waals surface area (Å²) in [7, 11) is 1.91. The van der Waals surface area contributed by atoms with E-state index in [0.717, 1.165) is 37.5 Å². The minimum atomic E-state index is 0.0395. The summed E-state index contributed by atoms with van der Waals surface area (Å²) in [6.45, 7) is 3.38. The first kappa shape index (κ1) is 16.4. The third kappa shape index (κ3) is 3.49. The van der Waals surface area contributed by atoms with Crippen LogP contribution in [0.1, 0.15) is 40.9 Å². The van der Waals surface area contributed by atoms with Gasteiger partial charge in [0.1, 0.15) is 5.76 Å². The first-order chi connectivity index (χ1) is 12.1. The summed E-state index contributed by atoms with van der Waals surface area (Å²) in [6.07, 6.45) is 9.77. The molecule has 1 aliphatic heterocycles. The molecule has 25 heavy (non-hydrogen) atoms. The second-order valence-corrected chi connectivity index (χ2v) is 7.29. The molecule has 1 saturated heterocycles. The molecular weight excluding hydrogens is 318 g/mol. The number of carbonyl (C=O) groups is 1. The molecule has 134 valence electrons. The van der Waals surface area contributed by atoms with E-state index in [0.29, 0.717) is 11.3 Å². The van der Waals surface area contributed by atoms with Gasteiger partial charge in [-0.1, -0.05) is 0 Å². The van der Waals surface area contributed by atoms with Gasteiger partial charge in [-0.15, -0.1) is 0 Å². The molecule has 0 aromatic carbocycles. The molecule has 6 nitrogen and oxygen atoms in total. The Bertz CT molecular complexity index is 747. The molecule has 0 bridgehead atoms. The molecule has 3 heterocycles. The fraction of sp³-hybridized carbons (Fsp3) is 0.579. The van der Waals surface area contributed by atoms with Crippen molar-refractivity contribution in [3.8, 4) is 0 Å². The number of carbonyl (C=O) groups excluding carboxylic acids is 1. The summed E-state index contributed by atoms with van der Waals surface area (Å²) in [5.41, 5.74) is 1.79. The molecule has 0 radical (unpaired) electrons. The highest BCUT2D eigenvalue weighted by molar-refractivity contribution is 5.95. The van der Waals surface area contributed by atoms with E-state index in [-0.39, 0.29) is 18.1 Å². The molecule has 2 aliphatic rings. The van der Waals surface area contributed by atoms with Crippen LogP contribution in [0.4, 0.5) is 0 Å². The van der Waals surface area contributed by atoms with Crippen molar-refractivity contribution < 1.29 is 13.9 Å². The van der Waals surface area contributed by atoms with Crippen LogP contribution in [0.3, 0.4) is 0 Å². The molecule has 1 amide bonds. The Morgan fingerprint density at radius 1 is 1.40 bits per heavy atom. The Balaban J connectivity index is 1.53. The smallest absolute Gasteiger partial charge is 0.257 e. The minimum Gasteiger partial charge on any atom is -0.469 e. The van der Waals surface area contributed by atoms with Gasteiger partial charge in [0, 0.05) is 26.4 Å². The van der Waals surface area contributed by atoms with Crippen LogP contribution in [0.2, 0.25) is 0 Å². The van der Waals surface area contributed by atoms with Crippen molar-refractivity contribution in [1.82, 2.24) is 14.7 Å². The van der Waals surface area contributed by atoms with E-state index in [1.165, 1.54) is 12.8 Å². The molecule has 1 saturated carbocycles. The van der Waals surface area contributed by atoms with Crippen LogP contribution in [0.15, 0.2) is 29.1 Å². The van der Waals surface area contributed by atoms with Gasteiger partial charge in [0.05, 0.1) is 30.2 Å². The molecule has 2 aromatic rings. The molecule has 0 spiro atoms. The summed E-state index contributed by atoms with van der Waals surface area (Å²) in [5, 5.41) is 4.26. The van der Waals surface area contributed by atoms with Crippen molar-refractivity contribution in [3.05, 3.63) is 41.6 Å². The number of aromatic nitrogens is 2. The molecule has 2 aromatic heterocycles. The highest BCUT2D eigenvalue weighted by atomic mass is 16.5. The first-order valence-corrected chi connectivity index (χ1v) is 9.06. The lowest BCUT2D eigenvalue weighted by atomic mass is 10.0. The largest absolute Gasteiger partial charge is 0.469 e. The predicted octanol–water partition coefficient (Wildman–Crippen LogP) is 2.57. The Hall–Kier alpha value is -2.08. The standard InChI is InChI=1S/C19H25N3O3/c1-13-16(6-8-24-13)19(23)22-7-5-18(25-12-14-3-4-14)17(22)9-15-10-20-21(2)11-15/h6,8,10-11,14,17-18H,3-5,7,9,12H2,1-2H3/t17-,18-/m0/s1. The van der Waals surface area contributed by atoms with Crippen LogP contribution < -0.4 is 0 Å². The molecular formula is C19H25N3O3. The van der Waals surface area contributed by atoms with Gasteiger partial charge in [-0.3, -0.25) is 9.48 Å². The summed E-state index contributed by atoms with van der Waals surface area (Å²) >= 11 is 0. The Labute approximate surface area is 147 Å². The zero-order chi connectivity index (χ0) is 17.4. The van der Waals surface area contributed by atoms with Gasteiger partial charge in [-0.2, -0.15) is 5.10 Å². The number of amides is 1. The second kappa shape index (κ2) is 6.67. The molecule has 2 fully saturated rings. The minimum absolute atomic E-state index is 0.0395. The maximum absolute atomic E-state index is 13.0. The lowest BCUT2D eigenvalue weighted by molar-refractivity contribution is 0.0199. The fourth-order valence-electron chi connectivity index (χ4n) is 3.64. The maximum Gasteiger partial charge on any atom is 0.257 e. The first-order valence-electron chi connectivity index (χ1n) is 9.06. The van der Waals surface area contributed by atoms with E-state index in [1.54, 1.807) is 17.0 Å². The highest BCUT2D eigenvalue weighted by Gasteiger charge is 2.39. The van der Waals surface area contributed by atoms with Crippen LogP contribution in [0.5, 0.6) is 0 Å². The molecule has 2 atom stereocenters. The molecule has 0 N–H and O–H groups in total. The van der Waals surface area contributed by atoms with E-state index in [2.05, 4.69) is 5.10 Å². The quantitative estimate of drug-likeness (QED) is 0.809.